The van der Waals surface area contributed by atoms with Gasteiger partial charge in [0.25, 0.3) is 0 Å². The summed E-state index contributed by atoms with van der Waals surface area (Å²) < 4.78 is 5.21. The predicted molar refractivity (Wildman–Crippen MR) is 82.5 cm³/mol. The van der Waals surface area contributed by atoms with Crippen molar-refractivity contribution in [2.75, 3.05) is 6.61 Å². The number of rotatable bonds is 6. The van der Waals surface area contributed by atoms with E-state index in [1.807, 2.05) is 18.2 Å². The molecular weight excluding hydrogens is 266 g/mol. The van der Waals surface area contributed by atoms with Gasteiger partial charge in [0.2, 0.25) is 0 Å². The Labute approximate surface area is 126 Å². The van der Waals surface area contributed by atoms with Gasteiger partial charge < -0.3 is 15.2 Å². The van der Waals surface area contributed by atoms with Crippen molar-refractivity contribution in [3.05, 3.63) is 29.8 Å². The Morgan fingerprint density at radius 2 is 1.90 bits per heavy atom. The first-order chi connectivity index (χ1) is 10.2. The Kier molecular flexibility index (Phi) is 6.54. The molecule has 0 heterocycles. The Balaban J connectivity index is 1.81. The van der Waals surface area contributed by atoms with Gasteiger partial charge in [0.1, 0.15) is 5.75 Å². The van der Waals surface area contributed by atoms with Crippen LogP contribution in [0.5, 0.6) is 5.75 Å². The lowest BCUT2D eigenvalue weighted by Crippen LogP contribution is -2.29. The van der Waals surface area contributed by atoms with Gasteiger partial charge in [-0.3, -0.25) is 0 Å². The molecule has 4 heteroatoms. The molecule has 1 aromatic rings. The van der Waals surface area contributed by atoms with Gasteiger partial charge in [0, 0.05) is 12.6 Å². The molecule has 0 aromatic heterocycles. The molecule has 116 valence electrons. The van der Waals surface area contributed by atoms with Crippen molar-refractivity contribution in [1.82, 2.24) is 5.32 Å². The number of carboxylic acids is 1. The molecule has 4 nitrogen and oxygen atoms in total. The van der Waals surface area contributed by atoms with E-state index in [0.717, 1.165) is 12.1 Å². The zero-order valence-corrected chi connectivity index (χ0v) is 12.5. The topological polar surface area (TPSA) is 58.6 Å². The summed E-state index contributed by atoms with van der Waals surface area (Å²) >= 11 is 0. The highest BCUT2D eigenvalue weighted by Crippen LogP contribution is 2.18. The van der Waals surface area contributed by atoms with E-state index in [2.05, 4.69) is 5.32 Å². The number of nitrogens with one attached hydrogen (secondary N) is 1. The van der Waals surface area contributed by atoms with Crippen LogP contribution in [-0.4, -0.2) is 23.7 Å². The van der Waals surface area contributed by atoms with Crippen molar-refractivity contribution in [1.29, 1.82) is 0 Å². The number of hydrogen-bond donors (Lipinski definition) is 2. The zero-order valence-electron chi connectivity index (χ0n) is 12.5. The summed E-state index contributed by atoms with van der Waals surface area (Å²) in [6.07, 6.45) is 9.26. The van der Waals surface area contributed by atoms with Crippen LogP contribution in [0.4, 0.5) is 0 Å². The maximum Gasteiger partial charge on any atom is 0.341 e. The first-order valence-electron chi connectivity index (χ1n) is 7.91. The fraction of sp³-hybridized carbons (Fsp3) is 0.588. The third-order valence-electron chi connectivity index (χ3n) is 3.96. The highest BCUT2D eigenvalue weighted by molar-refractivity contribution is 5.68. The van der Waals surface area contributed by atoms with Gasteiger partial charge >= 0.3 is 5.97 Å². The van der Waals surface area contributed by atoms with Crippen LogP contribution >= 0.6 is 0 Å². The molecule has 2 N–H and O–H groups in total. The van der Waals surface area contributed by atoms with Crippen molar-refractivity contribution in [2.24, 2.45) is 0 Å². The average molecular weight is 291 g/mol. The number of ether oxygens (including phenoxy) is 1. The molecule has 0 unspecified atom stereocenters. The number of benzene rings is 1. The smallest absolute Gasteiger partial charge is 0.341 e. The zero-order chi connectivity index (χ0) is 14.9. The molecule has 1 aliphatic rings. The number of carbonyl (C=O) groups is 1. The third kappa shape index (κ3) is 6.17. The van der Waals surface area contributed by atoms with Crippen molar-refractivity contribution in [2.45, 2.75) is 57.5 Å². The maximum atomic E-state index is 10.5. The van der Waals surface area contributed by atoms with E-state index in [9.17, 15) is 4.79 Å². The van der Waals surface area contributed by atoms with Gasteiger partial charge in [-0.05, 0) is 30.5 Å². The van der Waals surface area contributed by atoms with Crippen LogP contribution in [0.2, 0.25) is 0 Å². The van der Waals surface area contributed by atoms with E-state index < -0.39 is 5.97 Å². The normalized spacial score (nSPS) is 17.0. The molecule has 21 heavy (non-hydrogen) atoms. The van der Waals surface area contributed by atoms with Crippen LogP contribution in [0.15, 0.2) is 24.3 Å². The summed E-state index contributed by atoms with van der Waals surface area (Å²) in [4.78, 5) is 10.5. The Morgan fingerprint density at radius 3 is 2.62 bits per heavy atom. The summed E-state index contributed by atoms with van der Waals surface area (Å²) in [5, 5.41) is 12.3. The molecule has 1 saturated carbocycles. The van der Waals surface area contributed by atoms with Gasteiger partial charge in [0.15, 0.2) is 6.61 Å². The molecule has 2 rings (SSSR count). The monoisotopic (exact) mass is 291 g/mol. The van der Waals surface area contributed by atoms with Crippen LogP contribution in [0.1, 0.15) is 50.5 Å². The van der Waals surface area contributed by atoms with E-state index in [0.29, 0.717) is 11.8 Å². The molecule has 0 saturated heterocycles. The lowest BCUT2D eigenvalue weighted by atomic mass is 9.96. The van der Waals surface area contributed by atoms with E-state index in [-0.39, 0.29) is 6.61 Å². The average Bonchev–Trinajstić information content (AvgIpc) is 2.44. The quantitative estimate of drug-likeness (QED) is 0.844. The minimum atomic E-state index is -0.951. The standard InChI is InChI=1S/C17H25NO3/c19-17(20)13-21-16-10-6-7-14(11-16)12-18-15-8-4-2-1-3-5-9-15/h6-7,10-11,15,18H,1-5,8-9,12-13H2,(H,19,20). The summed E-state index contributed by atoms with van der Waals surface area (Å²) in [6.45, 7) is 0.522. The van der Waals surface area contributed by atoms with Crippen LogP contribution in [0, 0.1) is 0 Å². The molecule has 0 atom stereocenters. The number of hydrogen-bond acceptors (Lipinski definition) is 3. The van der Waals surface area contributed by atoms with E-state index in [1.54, 1.807) is 6.07 Å². The fourth-order valence-corrected chi connectivity index (χ4v) is 2.81. The summed E-state index contributed by atoms with van der Waals surface area (Å²) in [6, 6.07) is 8.27. The Morgan fingerprint density at radius 1 is 1.19 bits per heavy atom. The molecule has 0 spiro atoms. The van der Waals surface area contributed by atoms with Crippen LogP contribution in [0.3, 0.4) is 0 Å². The highest BCUT2D eigenvalue weighted by atomic mass is 16.5. The van der Waals surface area contributed by atoms with Gasteiger partial charge in [-0.25, -0.2) is 4.79 Å². The second-order valence-corrected chi connectivity index (χ2v) is 5.75. The molecule has 0 aliphatic heterocycles. The van der Waals surface area contributed by atoms with E-state index in [4.69, 9.17) is 9.84 Å². The minimum Gasteiger partial charge on any atom is -0.482 e. The second kappa shape index (κ2) is 8.67. The van der Waals surface area contributed by atoms with E-state index in [1.165, 1.54) is 44.9 Å². The lowest BCUT2D eigenvalue weighted by molar-refractivity contribution is -0.139. The minimum absolute atomic E-state index is 0.292. The molecule has 0 radical (unpaired) electrons. The van der Waals surface area contributed by atoms with E-state index >= 15 is 0 Å². The molecule has 1 aromatic carbocycles. The highest BCUT2D eigenvalue weighted by Gasteiger charge is 2.10. The largest absolute Gasteiger partial charge is 0.482 e. The Bertz CT molecular complexity index is 439. The second-order valence-electron chi connectivity index (χ2n) is 5.75. The summed E-state index contributed by atoms with van der Waals surface area (Å²) in [7, 11) is 0. The van der Waals surface area contributed by atoms with Crippen LogP contribution < -0.4 is 10.1 Å². The number of carboxylic acid groups (broad SMARTS) is 1. The van der Waals surface area contributed by atoms with Gasteiger partial charge in [0.05, 0.1) is 0 Å². The first-order valence-corrected chi connectivity index (χ1v) is 7.91. The lowest BCUT2D eigenvalue weighted by Gasteiger charge is -2.21. The fourth-order valence-electron chi connectivity index (χ4n) is 2.81. The van der Waals surface area contributed by atoms with Gasteiger partial charge in [-0.1, -0.05) is 44.2 Å². The van der Waals surface area contributed by atoms with Gasteiger partial charge in [-0.15, -0.1) is 0 Å². The SMILES string of the molecule is O=C(O)COc1cccc(CNC2CCCCCCC2)c1. The van der Waals surface area contributed by atoms with Crippen molar-refractivity contribution in [3.63, 3.8) is 0 Å². The maximum absolute atomic E-state index is 10.5. The van der Waals surface area contributed by atoms with Crippen molar-refractivity contribution in [3.8, 4) is 5.75 Å². The summed E-state index contributed by atoms with van der Waals surface area (Å²) in [5.41, 5.74) is 1.14. The van der Waals surface area contributed by atoms with Gasteiger partial charge in [-0.2, -0.15) is 0 Å². The first kappa shape index (κ1) is 15.8. The van der Waals surface area contributed by atoms with Crippen molar-refractivity contribution < 1.29 is 14.6 Å². The van der Waals surface area contributed by atoms with Crippen LogP contribution in [0.25, 0.3) is 0 Å². The molecular formula is C17H25NO3. The molecule has 1 aliphatic carbocycles. The third-order valence-corrected chi connectivity index (χ3v) is 3.96. The molecule has 0 bridgehead atoms. The predicted octanol–water partition coefficient (Wildman–Crippen LogP) is 3.35. The molecule has 1 fully saturated rings. The number of aliphatic carboxylic acids is 1. The molecule has 0 amide bonds. The summed E-state index contributed by atoms with van der Waals surface area (Å²) in [5.74, 6) is -0.331. The van der Waals surface area contributed by atoms with Crippen LogP contribution in [-0.2, 0) is 11.3 Å². The van der Waals surface area contributed by atoms with Crippen molar-refractivity contribution >= 4 is 5.97 Å². The Hall–Kier alpha value is -1.55.